The van der Waals surface area contributed by atoms with E-state index in [1.54, 1.807) is 7.11 Å². The molecular formula is C24H33NO3. The summed E-state index contributed by atoms with van der Waals surface area (Å²) >= 11 is 0. The van der Waals surface area contributed by atoms with Gasteiger partial charge < -0.3 is 19.9 Å². The molecule has 1 heterocycles. The number of aryl methyl sites for hydroxylation is 1. The van der Waals surface area contributed by atoms with Gasteiger partial charge in [0.05, 0.1) is 5.60 Å². The summed E-state index contributed by atoms with van der Waals surface area (Å²) in [6.45, 7) is 4.64. The zero-order valence-electron chi connectivity index (χ0n) is 17.1. The van der Waals surface area contributed by atoms with Crippen LogP contribution in [0.3, 0.4) is 0 Å². The first kappa shape index (κ1) is 20.8. The van der Waals surface area contributed by atoms with E-state index in [1.807, 2.05) is 42.5 Å². The van der Waals surface area contributed by atoms with Crippen molar-refractivity contribution in [1.82, 2.24) is 5.32 Å². The lowest BCUT2D eigenvalue weighted by atomic mass is 9.74. The minimum atomic E-state index is -0.915. The number of nitrogens with one attached hydrogen (secondary N) is 1. The first-order valence-electron chi connectivity index (χ1n) is 10.4. The molecule has 0 spiro atoms. The number of benzene rings is 2. The molecule has 1 saturated heterocycles. The monoisotopic (exact) mass is 383 g/mol. The molecular weight excluding hydrogens is 350 g/mol. The second kappa shape index (κ2) is 10.1. The molecule has 2 atom stereocenters. The molecule has 0 radical (unpaired) electrons. The summed E-state index contributed by atoms with van der Waals surface area (Å²) in [7, 11) is 1.72. The Hall–Kier alpha value is -1.88. The van der Waals surface area contributed by atoms with Crippen LogP contribution in [0, 0.1) is 12.8 Å². The molecule has 2 N–H and O–H groups in total. The molecule has 0 bridgehead atoms. The van der Waals surface area contributed by atoms with Crippen LogP contribution in [-0.2, 0) is 10.3 Å². The number of methoxy groups -OCH3 is 1. The van der Waals surface area contributed by atoms with Crippen molar-refractivity contribution in [3.63, 3.8) is 0 Å². The van der Waals surface area contributed by atoms with Gasteiger partial charge in [0.2, 0.25) is 0 Å². The lowest BCUT2D eigenvalue weighted by molar-refractivity contribution is -0.0446. The maximum atomic E-state index is 12.0. The number of unbranched alkanes of at least 4 members (excludes halogenated alkanes) is 1. The molecule has 152 valence electrons. The van der Waals surface area contributed by atoms with E-state index in [4.69, 9.17) is 9.47 Å². The molecule has 2 aromatic rings. The average Bonchev–Trinajstić information content (AvgIpc) is 2.72. The van der Waals surface area contributed by atoms with Gasteiger partial charge in [-0.2, -0.15) is 0 Å². The highest BCUT2D eigenvalue weighted by molar-refractivity contribution is 5.42. The van der Waals surface area contributed by atoms with Gasteiger partial charge >= 0.3 is 0 Å². The summed E-state index contributed by atoms with van der Waals surface area (Å²) < 4.78 is 11.5. The summed E-state index contributed by atoms with van der Waals surface area (Å²) in [5, 5.41) is 15.4. The van der Waals surface area contributed by atoms with Crippen LogP contribution < -0.4 is 10.1 Å². The fourth-order valence-electron chi connectivity index (χ4n) is 4.18. The molecule has 1 fully saturated rings. The third kappa shape index (κ3) is 5.13. The van der Waals surface area contributed by atoms with Gasteiger partial charge in [-0.3, -0.25) is 0 Å². The SMILES string of the molecule is COCCCC[C@@](O)(c1ccccc1Oc1cccc(C)c1)C1CCCNC1. The predicted molar refractivity (Wildman–Crippen MR) is 113 cm³/mol. The maximum absolute atomic E-state index is 12.0. The standard InChI is InChI=1S/C24H33NO3/c1-19-9-7-11-21(17-19)28-23-13-4-3-12-22(23)24(26,14-5-6-16-27-2)20-10-8-15-25-18-20/h3-4,7,9,11-13,17,20,25-26H,5-6,8,10,14-16,18H2,1-2H3/t20?,24-/m0/s1. The third-order valence-electron chi connectivity index (χ3n) is 5.70. The van der Waals surface area contributed by atoms with Gasteiger partial charge in [0.1, 0.15) is 11.5 Å². The number of ether oxygens (including phenoxy) is 2. The molecule has 1 aliphatic rings. The molecule has 1 aliphatic heterocycles. The van der Waals surface area contributed by atoms with Crippen molar-refractivity contribution >= 4 is 0 Å². The second-order valence-electron chi connectivity index (χ2n) is 7.83. The summed E-state index contributed by atoms with van der Waals surface area (Å²) in [5.74, 6) is 1.72. The van der Waals surface area contributed by atoms with Gasteiger partial charge in [-0.25, -0.2) is 0 Å². The first-order valence-corrected chi connectivity index (χ1v) is 10.4. The third-order valence-corrected chi connectivity index (χ3v) is 5.70. The molecule has 4 nitrogen and oxygen atoms in total. The fourth-order valence-corrected chi connectivity index (χ4v) is 4.18. The molecule has 3 rings (SSSR count). The number of piperidine rings is 1. The highest BCUT2D eigenvalue weighted by Crippen LogP contribution is 2.43. The van der Waals surface area contributed by atoms with E-state index in [0.717, 1.165) is 68.0 Å². The Labute approximate surface area is 168 Å². The van der Waals surface area contributed by atoms with Crippen LogP contribution in [0.2, 0.25) is 0 Å². The van der Waals surface area contributed by atoms with Crippen LogP contribution in [-0.4, -0.2) is 31.9 Å². The number of rotatable bonds is 9. The zero-order valence-corrected chi connectivity index (χ0v) is 17.1. The fraction of sp³-hybridized carbons (Fsp3) is 0.500. The summed E-state index contributed by atoms with van der Waals surface area (Å²) in [6, 6.07) is 16.0. The van der Waals surface area contributed by atoms with Crippen molar-refractivity contribution in [3.05, 3.63) is 59.7 Å². The van der Waals surface area contributed by atoms with Crippen molar-refractivity contribution in [3.8, 4) is 11.5 Å². The lowest BCUT2D eigenvalue weighted by Gasteiger charge is -2.40. The number of para-hydroxylation sites is 1. The van der Waals surface area contributed by atoms with Crippen LogP contribution in [0.1, 0.15) is 43.2 Å². The summed E-state index contributed by atoms with van der Waals surface area (Å²) in [6.07, 6.45) is 4.68. The second-order valence-corrected chi connectivity index (χ2v) is 7.83. The number of hydrogen-bond donors (Lipinski definition) is 2. The lowest BCUT2D eigenvalue weighted by Crippen LogP contribution is -2.44. The van der Waals surface area contributed by atoms with Gasteiger partial charge in [-0.05, 0) is 69.3 Å². The first-order chi connectivity index (χ1) is 13.6. The molecule has 0 aromatic heterocycles. The summed E-state index contributed by atoms with van der Waals surface area (Å²) in [4.78, 5) is 0. The normalized spacial score (nSPS) is 19.2. The van der Waals surface area contributed by atoms with E-state index in [-0.39, 0.29) is 5.92 Å². The van der Waals surface area contributed by atoms with Gasteiger partial charge in [0.25, 0.3) is 0 Å². The van der Waals surface area contributed by atoms with Crippen LogP contribution in [0.15, 0.2) is 48.5 Å². The Kier molecular flexibility index (Phi) is 7.49. The Bertz CT molecular complexity index is 742. The van der Waals surface area contributed by atoms with Crippen LogP contribution in [0.5, 0.6) is 11.5 Å². The highest BCUT2D eigenvalue weighted by atomic mass is 16.5. The van der Waals surface area contributed by atoms with Gasteiger partial charge in [0.15, 0.2) is 0 Å². The molecule has 0 saturated carbocycles. The van der Waals surface area contributed by atoms with E-state index in [0.29, 0.717) is 6.42 Å². The van der Waals surface area contributed by atoms with Crippen molar-refractivity contribution in [1.29, 1.82) is 0 Å². The largest absolute Gasteiger partial charge is 0.457 e. The predicted octanol–water partition coefficient (Wildman–Crippen LogP) is 4.79. The number of aliphatic hydroxyl groups is 1. The van der Waals surface area contributed by atoms with Crippen molar-refractivity contribution in [2.45, 2.75) is 44.6 Å². The Balaban J connectivity index is 1.90. The maximum Gasteiger partial charge on any atom is 0.133 e. The molecule has 1 unspecified atom stereocenters. The Morgan fingerprint density at radius 1 is 1.14 bits per heavy atom. The molecule has 2 aromatic carbocycles. The minimum Gasteiger partial charge on any atom is -0.457 e. The highest BCUT2D eigenvalue weighted by Gasteiger charge is 2.40. The Morgan fingerprint density at radius 2 is 2.00 bits per heavy atom. The summed E-state index contributed by atoms with van der Waals surface area (Å²) in [5.41, 5.74) is 1.13. The van der Waals surface area contributed by atoms with Gasteiger partial charge in [0, 0.05) is 31.7 Å². The van der Waals surface area contributed by atoms with Crippen molar-refractivity contribution < 1.29 is 14.6 Å². The average molecular weight is 384 g/mol. The quantitative estimate of drug-likeness (QED) is 0.611. The topological polar surface area (TPSA) is 50.7 Å². The smallest absolute Gasteiger partial charge is 0.133 e. The molecule has 28 heavy (non-hydrogen) atoms. The van der Waals surface area contributed by atoms with Crippen LogP contribution in [0.25, 0.3) is 0 Å². The van der Waals surface area contributed by atoms with Crippen molar-refractivity contribution in [2.75, 3.05) is 26.8 Å². The van der Waals surface area contributed by atoms with Gasteiger partial charge in [-0.1, -0.05) is 30.3 Å². The van der Waals surface area contributed by atoms with E-state index < -0.39 is 5.60 Å². The zero-order chi connectivity index (χ0) is 19.8. The van der Waals surface area contributed by atoms with Crippen molar-refractivity contribution in [2.24, 2.45) is 5.92 Å². The van der Waals surface area contributed by atoms with E-state index in [1.165, 1.54) is 0 Å². The molecule has 0 amide bonds. The van der Waals surface area contributed by atoms with Gasteiger partial charge in [-0.15, -0.1) is 0 Å². The number of hydrogen-bond acceptors (Lipinski definition) is 4. The van der Waals surface area contributed by atoms with Crippen LogP contribution >= 0.6 is 0 Å². The van der Waals surface area contributed by atoms with E-state index >= 15 is 0 Å². The minimum absolute atomic E-state index is 0.172. The molecule has 4 heteroatoms. The van der Waals surface area contributed by atoms with E-state index in [2.05, 4.69) is 18.3 Å². The molecule has 0 aliphatic carbocycles. The van der Waals surface area contributed by atoms with Crippen LogP contribution in [0.4, 0.5) is 0 Å². The van der Waals surface area contributed by atoms with E-state index in [9.17, 15) is 5.11 Å². The Morgan fingerprint density at radius 3 is 2.75 bits per heavy atom.